The number of benzene rings is 2. The maximum absolute atomic E-state index is 12.4. The van der Waals surface area contributed by atoms with Crippen molar-refractivity contribution in [2.24, 2.45) is 0 Å². The van der Waals surface area contributed by atoms with Crippen LogP contribution in [0.4, 0.5) is 5.69 Å². The lowest BCUT2D eigenvalue weighted by Gasteiger charge is -2.08. The summed E-state index contributed by atoms with van der Waals surface area (Å²) in [7, 11) is 0. The van der Waals surface area contributed by atoms with Gasteiger partial charge in [0.2, 0.25) is 0 Å². The Labute approximate surface area is 125 Å². The summed E-state index contributed by atoms with van der Waals surface area (Å²) in [6.07, 6.45) is 1.46. The molecular formula is C15H12N4O3. The minimum Gasteiger partial charge on any atom is -0.267 e. The zero-order valence-electron chi connectivity index (χ0n) is 11.7. The van der Waals surface area contributed by atoms with Crippen LogP contribution < -0.4 is 5.43 Å². The van der Waals surface area contributed by atoms with Crippen molar-refractivity contribution >= 4 is 22.6 Å². The van der Waals surface area contributed by atoms with Gasteiger partial charge in [0, 0.05) is 5.56 Å². The lowest BCUT2D eigenvalue weighted by atomic mass is 10.1. The Balaban J connectivity index is 1.99. The van der Waals surface area contributed by atoms with E-state index in [1.54, 1.807) is 25.1 Å². The molecule has 0 saturated heterocycles. The first-order chi connectivity index (χ1) is 10.6. The van der Waals surface area contributed by atoms with Crippen LogP contribution in [0.3, 0.4) is 0 Å². The molecule has 0 aliphatic carbocycles. The van der Waals surface area contributed by atoms with Crippen molar-refractivity contribution in [2.45, 2.75) is 6.92 Å². The van der Waals surface area contributed by atoms with Gasteiger partial charge in [0.15, 0.2) is 0 Å². The second kappa shape index (κ2) is 5.28. The van der Waals surface area contributed by atoms with Crippen LogP contribution in [0.15, 0.2) is 48.8 Å². The van der Waals surface area contributed by atoms with Gasteiger partial charge in [-0.3, -0.25) is 20.3 Å². The van der Waals surface area contributed by atoms with Gasteiger partial charge in [-0.2, -0.15) is 0 Å². The number of nitrogens with zero attached hydrogens (tertiary/aromatic N) is 3. The Morgan fingerprint density at radius 3 is 2.77 bits per heavy atom. The first-order valence-electron chi connectivity index (χ1n) is 6.55. The molecule has 1 N–H and O–H groups in total. The highest BCUT2D eigenvalue weighted by molar-refractivity contribution is 6.04. The van der Waals surface area contributed by atoms with E-state index in [4.69, 9.17) is 0 Å². The standard InChI is InChI=1S/C15H12N4O3/c1-10-5-4-6-11(14(10)19(21)22)15(20)17-18-9-16-12-7-2-3-8-13(12)18/h2-9H,1H3,(H,17,20). The van der Waals surface area contributed by atoms with E-state index in [0.29, 0.717) is 11.1 Å². The average Bonchev–Trinajstić information content (AvgIpc) is 2.90. The average molecular weight is 296 g/mol. The normalized spacial score (nSPS) is 10.6. The molecule has 1 amide bonds. The molecule has 7 nitrogen and oxygen atoms in total. The van der Waals surface area contributed by atoms with Crippen LogP contribution in [0.2, 0.25) is 0 Å². The predicted molar refractivity (Wildman–Crippen MR) is 81.3 cm³/mol. The summed E-state index contributed by atoms with van der Waals surface area (Å²) in [4.78, 5) is 27.1. The van der Waals surface area contributed by atoms with Crippen LogP contribution in [0.25, 0.3) is 11.0 Å². The summed E-state index contributed by atoms with van der Waals surface area (Å²) in [6, 6.07) is 11.9. The zero-order valence-corrected chi connectivity index (χ0v) is 11.7. The van der Waals surface area contributed by atoms with Crippen molar-refractivity contribution in [1.29, 1.82) is 0 Å². The minimum atomic E-state index is -0.557. The Hall–Kier alpha value is -3.22. The molecule has 0 atom stereocenters. The molecule has 110 valence electrons. The Morgan fingerprint density at radius 1 is 1.23 bits per heavy atom. The molecule has 22 heavy (non-hydrogen) atoms. The fourth-order valence-electron chi connectivity index (χ4n) is 2.30. The number of amides is 1. The molecule has 3 aromatic rings. The molecule has 0 saturated carbocycles. The molecule has 1 aromatic heterocycles. The fraction of sp³-hybridized carbons (Fsp3) is 0.0667. The number of carbonyl (C=O) groups is 1. The first kappa shape index (κ1) is 13.7. The van der Waals surface area contributed by atoms with Crippen LogP contribution >= 0.6 is 0 Å². The third-order valence-corrected chi connectivity index (χ3v) is 3.34. The number of nitro benzene ring substituents is 1. The summed E-state index contributed by atoms with van der Waals surface area (Å²) in [5.74, 6) is -0.557. The molecule has 7 heteroatoms. The van der Waals surface area contributed by atoms with Crippen molar-refractivity contribution in [2.75, 3.05) is 5.43 Å². The smallest absolute Gasteiger partial charge is 0.267 e. The van der Waals surface area contributed by atoms with Gasteiger partial charge in [0.1, 0.15) is 11.9 Å². The van der Waals surface area contributed by atoms with Gasteiger partial charge in [0.05, 0.1) is 16.0 Å². The Morgan fingerprint density at radius 2 is 2.00 bits per heavy atom. The molecule has 0 aliphatic rings. The topological polar surface area (TPSA) is 90.1 Å². The van der Waals surface area contributed by atoms with E-state index >= 15 is 0 Å². The maximum Gasteiger partial charge on any atom is 0.285 e. The van der Waals surface area contributed by atoms with Gasteiger partial charge in [0.25, 0.3) is 11.6 Å². The molecule has 3 rings (SSSR count). The highest BCUT2D eigenvalue weighted by Crippen LogP contribution is 2.23. The van der Waals surface area contributed by atoms with Crippen LogP contribution in [0, 0.1) is 17.0 Å². The van der Waals surface area contributed by atoms with Crippen molar-refractivity contribution < 1.29 is 9.72 Å². The second-order valence-electron chi connectivity index (χ2n) is 4.77. The van der Waals surface area contributed by atoms with E-state index in [1.807, 2.05) is 18.2 Å². The van der Waals surface area contributed by atoms with Crippen LogP contribution in [0.5, 0.6) is 0 Å². The summed E-state index contributed by atoms with van der Waals surface area (Å²) in [5.41, 5.74) is 4.32. The second-order valence-corrected chi connectivity index (χ2v) is 4.77. The lowest BCUT2D eigenvalue weighted by molar-refractivity contribution is -0.385. The summed E-state index contributed by atoms with van der Waals surface area (Å²) >= 11 is 0. The molecular weight excluding hydrogens is 284 g/mol. The maximum atomic E-state index is 12.4. The molecule has 2 aromatic carbocycles. The zero-order chi connectivity index (χ0) is 15.7. The molecule has 0 bridgehead atoms. The number of rotatable bonds is 3. The van der Waals surface area contributed by atoms with Gasteiger partial charge >= 0.3 is 0 Å². The van der Waals surface area contributed by atoms with Crippen molar-refractivity contribution in [3.05, 3.63) is 70.0 Å². The van der Waals surface area contributed by atoms with Crippen LogP contribution in [-0.2, 0) is 0 Å². The molecule has 1 heterocycles. The van der Waals surface area contributed by atoms with Gasteiger partial charge < -0.3 is 0 Å². The van der Waals surface area contributed by atoms with E-state index in [2.05, 4.69) is 10.4 Å². The monoisotopic (exact) mass is 296 g/mol. The van der Waals surface area contributed by atoms with E-state index in [9.17, 15) is 14.9 Å². The lowest BCUT2D eigenvalue weighted by Crippen LogP contribution is -2.23. The van der Waals surface area contributed by atoms with Gasteiger partial charge in [-0.05, 0) is 25.1 Å². The number of hydrogen-bond acceptors (Lipinski definition) is 4. The number of carbonyl (C=O) groups excluding carboxylic acids is 1. The minimum absolute atomic E-state index is 0.0165. The number of nitrogens with one attached hydrogen (secondary N) is 1. The number of para-hydroxylation sites is 3. The van der Waals surface area contributed by atoms with Crippen molar-refractivity contribution in [3.63, 3.8) is 0 Å². The summed E-state index contributed by atoms with van der Waals surface area (Å²) in [6.45, 7) is 1.60. The van der Waals surface area contributed by atoms with Gasteiger partial charge in [-0.25, -0.2) is 9.66 Å². The van der Waals surface area contributed by atoms with Crippen molar-refractivity contribution in [1.82, 2.24) is 9.66 Å². The third-order valence-electron chi connectivity index (χ3n) is 3.34. The summed E-state index contributed by atoms with van der Waals surface area (Å²) < 4.78 is 1.45. The fourth-order valence-corrected chi connectivity index (χ4v) is 2.30. The number of aryl methyl sites for hydroxylation is 1. The largest absolute Gasteiger partial charge is 0.285 e. The van der Waals surface area contributed by atoms with E-state index in [-0.39, 0.29) is 11.3 Å². The molecule has 0 spiro atoms. The quantitative estimate of drug-likeness (QED) is 0.594. The summed E-state index contributed by atoms with van der Waals surface area (Å²) in [5, 5.41) is 11.2. The number of aromatic nitrogens is 2. The van der Waals surface area contributed by atoms with Crippen LogP contribution in [-0.4, -0.2) is 20.5 Å². The number of nitro groups is 1. The Kier molecular flexibility index (Phi) is 3.30. The molecule has 0 aliphatic heterocycles. The highest BCUT2D eigenvalue weighted by atomic mass is 16.6. The highest BCUT2D eigenvalue weighted by Gasteiger charge is 2.22. The van der Waals surface area contributed by atoms with Crippen LogP contribution in [0.1, 0.15) is 15.9 Å². The Bertz CT molecular complexity index is 885. The predicted octanol–water partition coefficient (Wildman–Crippen LogP) is 2.64. The third kappa shape index (κ3) is 2.28. The van der Waals surface area contributed by atoms with E-state index in [0.717, 1.165) is 5.52 Å². The van der Waals surface area contributed by atoms with Crippen molar-refractivity contribution in [3.8, 4) is 0 Å². The molecule has 0 radical (unpaired) electrons. The first-order valence-corrected chi connectivity index (χ1v) is 6.55. The SMILES string of the molecule is Cc1cccc(C(=O)Nn2cnc3ccccc32)c1[N+](=O)[O-]. The van der Waals surface area contributed by atoms with Gasteiger partial charge in [-0.1, -0.05) is 24.3 Å². The number of hydrogen-bond donors (Lipinski definition) is 1. The van der Waals surface area contributed by atoms with Gasteiger partial charge in [-0.15, -0.1) is 0 Å². The van der Waals surface area contributed by atoms with E-state index in [1.165, 1.54) is 17.1 Å². The molecule has 0 unspecified atom stereocenters. The van der Waals surface area contributed by atoms with E-state index < -0.39 is 10.8 Å². The number of fused-ring (bicyclic) bond motifs is 1. The molecule has 0 fully saturated rings. The number of imidazole rings is 1.